The number of carbonyl (C=O) groups is 2. The molecule has 2 aromatic rings. The molecule has 6 heteroatoms. The highest BCUT2D eigenvalue weighted by Crippen LogP contribution is 2.39. The molecule has 6 nitrogen and oxygen atoms in total. The van der Waals surface area contributed by atoms with E-state index < -0.39 is 5.91 Å². The van der Waals surface area contributed by atoms with Crippen LogP contribution in [0, 0.1) is 6.92 Å². The van der Waals surface area contributed by atoms with Crippen molar-refractivity contribution < 1.29 is 19.1 Å². The topological polar surface area (TPSA) is 91.5 Å². The fourth-order valence-corrected chi connectivity index (χ4v) is 2.28. The number of fused-ring (bicyclic) bond motifs is 1. The minimum absolute atomic E-state index is 0.193. The molecule has 0 bridgehead atoms. The smallest absolute Gasteiger partial charge is 0.255 e. The van der Waals surface area contributed by atoms with E-state index in [0.717, 1.165) is 5.56 Å². The number of hydrogen-bond donors (Lipinski definition) is 1. The Morgan fingerprint density at radius 3 is 2.74 bits per heavy atom. The molecule has 0 spiro atoms. The molecule has 0 radical (unpaired) electrons. The van der Waals surface area contributed by atoms with Crippen molar-refractivity contribution in [1.29, 1.82) is 0 Å². The molecule has 1 aromatic heterocycles. The van der Waals surface area contributed by atoms with Crippen molar-refractivity contribution in [2.24, 2.45) is 5.73 Å². The normalized spacial score (nSPS) is 14.5. The number of primary amides is 1. The van der Waals surface area contributed by atoms with Crippen molar-refractivity contribution in [2.45, 2.75) is 6.92 Å². The van der Waals surface area contributed by atoms with Gasteiger partial charge in [-0.3, -0.25) is 14.6 Å². The van der Waals surface area contributed by atoms with Gasteiger partial charge in [0.15, 0.2) is 12.4 Å². The van der Waals surface area contributed by atoms with Gasteiger partial charge in [0.05, 0.1) is 5.56 Å². The minimum atomic E-state index is -0.569. The molecule has 1 aliphatic rings. The maximum absolute atomic E-state index is 12.4. The number of hydrogen-bond acceptors (Lipinski definition) is 5. The monoisotopic (exact) mass is 310 g/mol. The number of amides is 1. The van der Waals surface area contributed by atoms with Crippen molar-refractivity contribution in [1.82, 2.24) is 4.98 Å². The van der Waals surface area contributed by atoms with Gasteiger partial charge in [-0.1, -0.05) is 0 Å². The van der Waals surface area contributed by atoms with Crippen LogP contribution >= 0.6 is 0 Å². The van der Waals surface area contributed by atoms with Crippen LogP contribution in [0.25, 0.3) is 6.08 Å². The van der Waals surface area contributed by atoms with Gasteiger partial charge in [-0.15, -0.1) is 0 Å². The van der Waals surface area contributed by atoms with Gasteiger partial charge in [-0.05, 0) is 42.8 Å². The standard InChI is InChI=1S/C17H14N2O4/c1-10-13(22-9-15(18)20)3-2-12-16(21)14(23-17(10)12)8-11-4-6-19-7-5-11/h2-8H,9H2,1H3,(H2,18,20)/b14-8-. The van der Waals surface area contributed by atoms with Crippen LogP contribution < -0.4 is 15.2 Å². The number of pyridine rings is 1. The number of carbonyl (C=O) groups excluding carboxylic acids is 2. The molecule has 1 aliphatic heterocycles. The fraction of sp³-hybridized carbons (Fsp3) is 0.118. The Balaban J connectivity index is 1.92. The Labute approximate surface area is 132 Å². The summed E-state index contributed by atoms with van der Waals surface area (Å²) in [7, 11) is 0. The van der Waals surface area contributed by atoms with Gasteiger partial charge in [-0.25, -0.2) is 0 Å². The van der Waals surface area contributed by atoms with Crippen molar-refractivity contribution in [3.05, 3.63) is 59.1 Å². The molecule has 0 fully saturated rings. The lowest BCUT2D eigenvalue weighted by Gasteiger charge is -2.09. The van der Waals surface area contributed by atoms with E-state index in [1.807, 2.05) is 0 Å². The van der Waals surface area contributed by atoms with Crippen molar-refractivity contribution >= 4 is 17.8 Å². The van der Waals surface area contributed by atoms with Crippen molar-refractivity contribution in [2.75, 3.05) is 6.61 Å². The summed E-state index contributed by atoms with van der Waals surface area (Å²) in [6.45, 7) is 1.53. The minimum Gasteiger partial charge on any atom is -0.483 e. The molecule has 0 unspecified atom stereocenters. The van der Waals surface area contributed by atoms with E-state index >= 15 is 0 Å². The zero-order chi connectivity index (χ0) is 16.4. The first kappa shape index (κ1) is 14.8. The maximum atomic E-state index is 12.4. The zero-order valence-corrected chi connectivity index (χ0v) is 12.4. The summed E-state index contributed by atoms with van der Waals surface area (Å²) in [5, 5.41) is 0. The Hall–Kier alpha value is -3.15. The molecule has 2 heterocycles. The summed E-state index contributed by atoms with van der Waals surface area (Å²) in [4.78, 5) is 27.2. The second-order valence-corrected chi connectivity index (χ2v) is 5.04. The Morgan fingerprint density at radius 2 is 2.04 bits per heavy atom. The van der Waals surface area contributed by atoms with Gasteiger partial charge in [0.2, 0.25) is 5.78 Å². The lowest BCUT2D eigenvalue weighted by Crippen LogP contribution is -2.20. The quantitative estimate of drug-likeness (QED) is 0.870. The molecule has 23 heavy (non-hydrogen) atoms. The molecule has 1 amide bonds. The van der Waals surface area contributed by atoms with Crippen LogP contribution in [0.5, 0.6) is 11.5 Å². The second-order valence-electron chi connectivity index (χ2n) is 5.04. The lowest BCUT2D eigenvalue weighted by atomic mass is 10.1. The predicted molar refractivity (Wildman–Crippen MR) is 83.0 cm³/mol. The summed E-state index contributed by atoms with van der Waals surface area (Å²) in [5.41, 5.74) is 7.00. The number of ether oxygens (including phenoxy) is 2. The number of benzene rings is 1. The fourth-order valence-electron chi connectivity index (χ4n) is 2.28. The first-order valence-electron chi connectivity index (χ1n) is 6.95. The summed E-state index contributed by atoms with van der Waals surface area (Å²) in [6.07, 6.45) is 4.94. The molecule has 0 saturated heterocycles. The first-order chi connectivity index (χ1) is 11.1. The van der Waals surface area contributed by atoms with Gasteiger partial charge < -0.3 is 15.2 Å². The van der Waals surface area contributed by atoms with Crippen LogP contribution in [0.4, 0.5) is 0 Å². The van der Waals surface area contributed by atoms with E-state index in [9.17, 15) is 9.59 Å². The molecule has 0 atom stereocenters. The number of ketones is 1. The van der Waals surface area contributed by atoms with E-state index in [0.29, 0.717) is 22.6 Å². The highest BCUT2D eigenvalue weighted by Gasteiger charge is 2.30. The predicted octanol–water partition coefficient (Wildman–Crippen LogP) is 1.87. The largest absolute Gasteiger partial charge is 0.483 e. The third-order valence-corrected chi connectivity index (χ3v) is 3.41. The van der Waals surface area contributed by atoms with E-state index in [1.165, 1.54) is 0 Å². The summed E-state index contributed by atoms with van der Waals surface area (Å²) < 4.78 is 11.0. The van der Waals surface area contributed by atoms with Gasteiger partial charge in [0.1, 0.15) is 11.5 Å². The third-order valence-electron chi connectivity index (χ3n) is 3.41. The lowest BCUT2D eigenvalue weighted by molar-refractivity contribution is -0.119. The number of nitrogens with zero attached hydrogens (tertiary/aromatic N) is 1. The van der Waals surface area contributed by atoms with Gasteiger partial charge >= 0.3 is 0 Å². The number of Topliss-reactive ketones (excluding diaryl/α,β-unsaturated/α-hetero) is 1. The molecule has 1 aromatic carbocycles. The van der Waals surface area contributed by atoms with Crippen LogP contribution in [-0.4, -0.2) is 23.3 Å². The SMILES string of the molecule is Cc1c(OCC(N)=O)ccc2c1O/C(=C\c1ccncc1)C2=O. The maximum Gasteiger partial charge on any atom is 0.255 e. The Kier molecular flexibility index (Phi) is 3.80. The molecular weight excluding hydrogens is 296 g/mol. The number of rotatable bonds is 4. The first-order valence-corrected chi connectivity index (χ1v) is 6.95. The summed E-state index contributed by atoms with van der Waals surface area (Å²) in [6, 6.07) is 6.81. The van der Waals surface area contributed by atoms with Crippen LogP contribution in [-0.2, 0) is 4.79 Å². The molecule has 0 aliphatic carbocycles. The van der Waals surface area contributed by atoms with E-state index in [4.69, 9.17) is 15.2 Å². The molecule has 3 rings (SSSR count). The average molecular weight is 310 g/mol. The van der Waals surface area contributed by atoms with E-state index in [2.05, 4.69) is 4.98 Å². The van der Waals surface area contributed by atoms with Gasteiger partial charge in [-0.2, -0.15) is 0 Å². The highest BCUT2D eigenvalue weighted by atomic mass is 16.5. The number of aromatic nitrogens is 1. The van der Waals surface area contributed by atoms with Crippen molar-refractivity contribution in [3.8, 4) is 11.5 Å². The van der Waals surface area contributed by atoms with Crippen LogP contribution in [0.2, 0.25) is 0 Å². The van der Waals surface area contributed by atoms with Crippen molar-refractivity contribution in [3.63, 3.8) is 0 Å². The summed E-state index contributed by atoms with van der Waals surface area (Å²) >= 11 is 0. The summed E-state index contributed by atoms with van der Waals surface area (Å²) in [5.74, 6) is 0.376. The van der Waals surface area contributed by atoms with Crippen LogP contribution in [0.15, 0.2) is 42.4 Å². The van der Waals surface area contributed by atoms with Gasteiger partial charge in [0.25, 0.3) is 5.91 Å². The third kappa shape index (κ3) is 2.91. The van der Waals surface area contributed by atoms with Gasteiger partial charge in [0, 0.05) is 18.0 Å². The number of nitrogens with two attached hydrogens (primary N) is 1. The molecule has 2 N–H and O–H groups in total. The Morgan fingerprint density at radius 1 is 1.30 bits per heavy atom. The molecule has 0 saturated carbocycles. The van der Waals surface area contributed by atoms with Crippen LogP contribution in [0.1, 0.15) is 21.5 Å². The van der Waals surface area contributed by atoms with E-state index in [-0.39, 0.29) is 18.1 Å². The Bertz CT molecular complexity index is 813. The van der Waals surface area contributed by atoms with Crippen LogP contribution in [0.3, 0.4) is 0 Å². The highest BCUT2D eigenvalue weighted by molar-refractivity contribution is 6.14. The molecule has 116 valence electrons. The average Bonchev–Trinajstić information content (AvgIpc) is 2.85. The number of allylic oxidation sites excluding steroid dienone is 1. The zero-order valence-electron chi connectivity index (χ0n) is 12.4. The molecular formula is C17H14N2O4. The second kappa shape index (κ2) is 5.92. The van der Waals surface area contributed by atoms with E-state index in [1.54, 1.807) is 49.7 Å².